The molecule has 1 aromatic heterocycles. The van der Waals surface area contributed by atoms with Crippen LogP contribution >= 0.6 is 0 Å². The van der Waals surface area contributed by atoms with Gasteiger partial charge in [-0.25, -0.2) is 4.39 Å². The number of halogens is 1. The summed E-state index contributed by atoms with van der Waals surface area (Å²) in [7, 11) is 0. The van der Waals surface area contributed by atoms with Crippen LogP contribution in [0.1, 0.15) is 27.2 Å². The van der Waals surface area contributed by atoms with Crippen LogP contribution < -0.4 is 5.32 Å². The van der Waals surface area contributed by atoms with Crippen molar-refractivity contribution in [3.63, 3.8) is 0 Å². The fourth-order valence-corrected chi connectivity index (χ4v) is 2.66. The zero-order valence-electron chi connectivity index (χ0n) is 14.8. The van der Waals surface area contributed by atoms with Gasteiger partial charge in [0.1, 0.15) is 5.82 Å². The van der Waals surface area contributed by atoms with Gasteiger partial charge in [-0.2, -0.15) is 5.10 Å². The monoisotopic (exact) mass is 368 g/mol. The van der Waals surface area contributed by atoms with Gasteiger partial charge in [0.05, 0.1) is 11.5 Å². The Morgan fingerprint density at radius 3 is 2.67 bits per heavy atom. The van der Waals surface area contributed by atoms with Crippen molar-refractivity contribution in [3.05, 3.63) is 86.8 Å². The molecule has 138 valence electrons. The van der Waals surface area contributed by atoms with Crippen molar-refractivity contribution in [2.75, 3.05) is 5.32 Å². The highest BCUT2D eigenvalue weighted by Gasteiger charge is 2.16. The van der Waals surface area contributed by atoms with E-state index in [1.54, 1.807) is 42.8 Å². The number of nitrogens with zero attached hydrogens (tertiary/aromatic N) is 3. The average Bonchev–Trinajstić information content (AvgIpc) is 2.96. The number of hydrogen-bond donors (Lipinski definition) is 1. The molecule has 0 saturated heterocycles. The second-order valence-electron chi connectivity index (χ2n) is 6.13. The molecule has 7 nitrogen and oxygen atoms in total. The van der Waals surface area contributed by atoms with Crippen LogP contribution in [0.15, 0.2) is 48.5 Å². The summed E-state index contributed by atoms with van der Waals surface area (Å²) in [5.74, 6) is -0.546. The molecular formula is C19H17FN4O3. The van der Waals surface area contributed by atoms with E-state index in [1.807, 2.05) is 0 Å². The highest BCUT2D eigenvalue weighted by Crippen LogP contribution is 2.20. The molecule has 0 unspecified atom stereocenters. The SMILES string of the molecule is Cc1ccc(C(=O)Nc2cc(C)n(Cc3ccccc3F)n2)cc1[N+](=O)[O-]. The largest absolute Gasteiger partial charge is 0.305 e. The summed E-state index contributed by atoms with van der Waals surface area (Å²) < 4.78 is 15.4. The fraction of sp³-hybridized carbons (Fsp3) is 0.158. The quantitative estimate of drug-likeness (QED) is 0.547. The predicted molar refractivity (Wildman–Crippen MR) is 98.3 cm³/mol. The molecule has 27 heavy (non-hydrogen) atoms. The van der Waals surface area contributed by atoms with Crippen molar-refractivity contribution >= 4 is 17.4 Å². The van der Waals surface area contributed by atoms with E-state index in [4.69, 9.17) is 0 Å². The third kappa shape index (κ3) is 4.00. The topological polar surface area (TPSA) is 90.1 Å². The van der Waals surface area contributed by atoms with E-state index in [9.17, 15) is 19.3 Å². The van der Waals surface area contributed by atoms with Crippen molar-refractivity contribution in [2.24, 2.45) is 0 Å². The molecule has 3 aromatic rings. The minimum Gasteiger partial charge on any atom is -0.305 e. The molecule has 2 aromatic carbocycles. The van der Waals surface area contributed by atoms with Gasteiger partial charge in [-0.1, -0.05) is 24.3 Å². The number of aryl methyl sites for hydroxylation is 2. The van der Waals surface area contributed by atoms with Crippen LogP contribution in [0, 0.1) is 29.8 Å². The van der Waals surface area contributed by atoms with Crippen LogP contribution in [0.25, 0.3) is 0 Å². The van der Waals surface area contributed by atoms with Gasteiger partial charge in [-0.3, -0.25) is 19.6 Å². The average molecular weight is 368 g/mol. The molecule has 0 spiro atoms. The minimum absolute atomic E-state index is 0.121. The maximum Gasteiger partial charge on any atom is 0.273 e. The van der Waals surface area contributed by atoms with Crippen LogP contribution in [0.2, 0.25) is 0 Å². The van der Waals surface area contributed by atoms with E-state index in [-0.39, 0.29) is 29.4 Å². The van der Waals surface area contributed by atoms with Crippen LogP contribution in [0.3, 0.4) is 0 Å². The molecule has 0 aliphatic rings. The summed E-state index contributed by atoms with van der Waals surface area (Å²) in [6, 6.07) is 12.3. The molecule has 0 atom stereocenters. The lowest BCUT2D eigenvalue weighted by atomic mass is 10.1. The number of anilines is 1. The number of benzene rings is 2. The number of aromatic nitrogens is 2. The number of carbonyl (C=O) groups excluding carboxylic acids is 1. The first-order chi connectivity index (χ1) is 12.8. The van der Waals surface area contributed by atoms with Gasteiger partial charge in [0.15, 0.2) is 5.82 Å². The Morgan fingerprint density at radius 2 is 1.96 bits per heavy atom. The third-order valence-corrected chi connectivity index (χ3v) is 4.17. The van der Waals surface area contributed by atoms with Gasteiger partial charge in [-0.15, -0.1) is 0 Å². The Labute approximate surface area is 154 Å². The number of nitro groups is 1. The predicted octanol–water partition coefficient (Wildman–Crippen LogP) is 3.85. The lowest BCUT2D eigenvalue weighted by molar-refractivity contribution is -0.385. The summed E-state index contributed by atoms with van der Waals surface area (Å²) >= 11 is 0. The van der Waals surface area contributed by atoms with E-state index < -0.39 is 10.8 Å². The van der Waals surface area contributed by atoms with Gasteiger partial charge in [0, 0.05) is 34.5 Å². The molecule has 0 radical (unpaired) electrons. The number of nitro benzene ring substituents is 1. The van der Waals surface area contributed by atoms with Gasteiger partial charge >= 0.3 is 0 Å². The molecule has 0 aliphatic heterocycles. The van der Waals surface area contributed by atoms with Gasteiger partial charge in [0.2, 0.25) is 0 Å². The smallest absolute Gasteiger partial charge is 0.273 e. The van der Waals surface area contributed by atoms with Gasteiger partial charge in [-0.05, 0) is 26.0 Å². The van der Waals surface area contributed by atoms with E-state index in [2.05, 4.69) is 10.4 Å². The van der Waals surface area contributed by atoms with Crippen molar-refractivity contribution < 1.29 is 14.1 Å². The number of carbonyl (C=O) groups is 1. The number of amides is 1. The van der Waals surface area contributed by atoms with Crippen molar-refractivity contribution in [1.82, 2.24) is 9.78 Å². The van der Waals surface area contributed by atoms with E-state index >= 15 is 0 Å². The summed E-state index contributed by atoms with van der Waals surface area (Å²) in [6.07, 6.45) is 0. The molecular weight excluding hydrogens is 351 g/mol. The number of hydrogen-bond acceptors (Lipinski definition) is 4. The Hall–Kier alpha value is -3.55. The van der Waals surface area contributed by atoms with Gasteiger partial charge < -0.3 is 5.32 Å². The standard InChI is InChI=1S/C19H17FN4O3/c1-12-7-8-14(10-17(12)24(26)27)19(25)21-18-9-13(2)23(22-18)11-15-5-3-4-6-16(15)20/h3-10H,11H2,1-2H3,(H,21,22,25). The van der Waals surface area contributed by atoms with Crippen LogP contribution in [-0.2, 0) is 6.54 Å². The molecule has 0 aliphatic carbocycles. The highest BCUT2D eigenvalue weighted by atomic mass is 19.1. The lowest BCUT2D eigenvalue weighted by Crippen LogP contribution is -2.13. The third-order valence-electron chi connectivity index (χ3n) is 4.17. The Kier molecular flexibility index (Phi) is 4.98. The first-order valence-corrected chi connectivity index (χ1v) is 8.19. The zero-order chi connectivity index (χ0) is 19.6. The molecule has 0 saturated carbocycles. The van der Waals surface area contributed by atoms with Crippen molar-refractivity contribution in [2.45, 2.75) is 20.4 Å². The van der Waals surface area contributed by atoms with Gasteiger partial charge in [0.25, 0.3) is 11.6 Å². The van der Waals surface area contributed by atoms with Crippen molar-refractivity contribution in [1.29, 1.82) is 0 Å². The Balaban J connectivity index is 1.79. The van der Waals surface area contributed by atoms with E-state index in [1.165, 1.54) is 24.3 Å². The van der Waals surface area contributed by atoms with Crippen LogP contribution in [-0.4, -0.2) is 20.6 Å². The molecule has 1 N–H and O–H groups in total. The summed E-state index contributed by atoms with van der Waals surface area (Å²) in [5.41, 5.74) is 1.73. The first-order valence-electron chi connectivity index (χ1n) is 8.19. The van der Waals surface area contributed by atoms with Crippen LogP contribution in [0.4, 0.5) is 15.9 Å². The molecule has 3 rings (SSSR count). The Morgan fingerprint density at radius 1 is 1.22 bits per heavy atom. The summed E-state index contributed by atoms with van der Waals surface area (Å²) in [5, 5.41) is 17.9. The number of rotatable bonds is 5. The normalized spacial score (nSPS) is 10.6. The Bertz CT molecular complexity index is 1030. The second-order valence-corrected chi connectivity index (χ2v) is 6.13. The first kappa shape index (κ1) is 18.2. The number of nitrogens with one attached hydrogen (secondary N) is 1. The molecule has 0 fully saturated rings. The molecule has 1 heterocycles. The van der Waals surface area contributed by atoms with Crippen LogP contribution in [0.5, 0.6) is 0 Å². The molecule has 0 bridgehead atoms. The van der Waals surface area contributed by atoms with E-state index in [0.717, 1.165) is 5.69 Å². The fourth-order valence-electron chi connectivity index (χ4n) is 2.66. The molecule has 8 heteroatoms. The zero-order valence-corrected chi connectivity index (χ0v) is 14.8. The maximum absolute atomic E-state index is 13.8. The van der Waals surface area contributed by atoms with Crippen molar-refractivity contribution in [3.8, 4) is 0 Å². The summed E-state index contributed by atoms with van der Waals surface area (Å²) in [6.45, 7) is 3.62. The second kappa shape index (κ2) is 7.36. The highest BCUT2D eigenvalue weighted by molar-refractivity contribution is 6.04. The minimum atomic E-state index is -0.528. The molecule has 1 amide bonds. The lowest BCUT2D eigenvalue weighted by Gasteiger charge is -2.06. The maximum atomic E-state index is 13.8. The summed E-state index contributed by atoms with van der Waals surface area (Å²) in [4.78, 5) is 22.9. The van der Waals surface area contributed by atoms with E-state index in [0.29, 0.717) is 11.1 Å².